The van der Waals surface area contributed by atoms with Crippen molar-refractivity contribution in [2.45, 2.75) is 0 Å². The van der Waals surface area contributed by atoms with Gasteiger partial charge in [0.1, 0.15) is 0 Å². The van der Waals surface area contributed by atoms with Crippen LogP contribution in [0.25, 0.3) is 6.08 Å². The van der Waals surface area contributed by atoms with E-state index in [-0.39, 0.29) is 0 Å². The van der Waals surface area contributed by atoms with Gasteiger partial charge < -0.3 is 0 Å². The highest BCUT2D eigenvalue weighted by molar-refractivity contribution is 6.32. The average Bonchev–Trinajstić information content (AvgIpc) is 2.16. The summed E-state index contributed by atoms with van der Waals surface area (Å²) in [6, 6.07) is 8.07. The van der Waals surface area contributed by atoms with Crippen molar-refractivity contribution in [3.05, 3.63) is 50.7 Å². The highest BCUT2D eigenvalue weighted by atomic mass is 35.5. The third kappa shape index (κ3) is 2.31. The van der Waals surface area contributed by atoms with E-state index in [0.29, 0.717) is 10.6 Å². The topological polar surface area (TPSA) is 66.9 Å². The van der Waals surface area contributed by atoms with Crippen molar-refractivity contribution in [1.82, 2.24) is 0 Å². The Bertz CT molecular complexity index is 435. The van der Waals surface area contributed by atoms with E-state index in [2.05, 4.69) is 0 Å². The molecule has 0 aliphatic carbocycles. The molecule has 5 heteroatoms. The van der Waals surface area contributed by atoms with Gasteiger partial charge in [0, 0.05) is 16.7 Å². The maximum atomic E-state index is 10.3. The summed E-state index contributed by atoms with van der Waals surface area (Å²) in [6.07, 6.45) is 1.14. The first-order chi connectivity index (χ1) is 6.65. The number of rotatable bonds is 2. The van der Waals surface area contributed by atoms with Gasteiger partial charge >= 0.3 is 5.70 Å². The highest BCUT2D eigenvalue weighted by Crippen LogP contribution is 2.17. The number of nitriles is 1. The second-order valence-electron chi connectivity index (χ2n) is 2.42. The molecule has 0 atom stereocenters. The van der Waals surface area contributed by atoms with Crippen molar-refractivity contribution in [3.8, 4) is 6.07 Å². The molecule has 0 N–H and O–H groups in total. The van der Waals surface area contributed by atoms with Crippen LogP contribution in [-0.4, -0.2) is 4.92 Å². The van der Waals surface area contributed by atoms with Gasteiger partial charge in [0.15, 0.2) is 6.07 Å². The highest BCUT2D eigenvalue weighted by Gasteiger charge is 2.09. The number of halogens is 1. The van der Waals surface area contributed by atoms with Gasteiger partial charge in [-0.1, -0.05) is 29.8 Å². The summed E-state index contributed by atoms with van der Waals surface area (Å²) in [7, 11) is 0. The maximum absolute atomic E-state index is 10.3. The Labute approximate surface area is 85.2 Å². The van der Waals surface area contributed by atoms with Gasteiger partial charge in [0.2, 0.25) is 0 Å². The van der Waals surface area contributed by atoms with E-state index in [1.165, 1.54) is 6.07 Å². The zero-order valence-electron chi connectivity index (χ0n) is 6.98. The van der Waals surface area contributed by atoms with Crippen molar-refractivity contribution in [2.24, 2.45) is 0 Å². The third-order valence-corrected chi connectivity index (χ3v) is 1.85. The summed E-state index contributed by atoms with van der Waals surface area (Å²) in [5.74, 6) is 0. The van der Waals surface area contributed by atoms with Crippen LogP contribution in [-0.2, 0) is 0 Å². The Kier molecular flexibility index (Phi) is 3.21. The lowest BCUT2D eigenvalue weighted by Gasteiger charge is -1.94. The van der Waals surface area contributed by atoms with Gasteiger partial charge in [0.25, 0.3) is 0 Å². The molecule has 0 aromatic heterocycles. The molecule has 0 bridgehead atoms. The molecule has 0 radical (unpaired) electrons. The van der Waals surface area contributed by atoms with Crippen LogP contribution in [0.3, 0.4) is 0 Å². The molecule has 1 aromatic carbocycles. The molecule has 0 fully saturated rings. The first kappa shape index (κ1) is 10.2. The Morgan fingerprint density at radius 3 is 2.71 bits per heavy atom. The lowest BCUT2D eigenvalue weighted by atomic mass is 10.2. The molecule has 0 saturated heterocycles. The van der Waals surface area contributed by atoms with E-state index in [4.69, 9.17) is 16.9 Å². The first-order valence-corrected chi connectivity index (χ1v) is 4.03. The van der Waals surface area contributed by atoms with Crippen LogP contribution in [0.5, 0.6) is 0 Å². The van der Waals surface area contributed by atoms with Gasteiger partial charge in [-0.05, 0) is 6.07 Å². The van der Waals surface area contributed by atoms with E-state index < -0.39 is 10.6 Å². The average molecular weight is 209 g/mol. The second kappa shape index (κ2) is 4.40. The predicted octanol–water partition coefficient (Wildman–Crippen LogP) is 2.48. The predicted molar refractivity (Wildman–Crippen MR) is 52.0 cm³/mol. The standard InChI is InChI=1S/C9H5ClN2O2/c10-9-4-2-1-3-7(9)5-8(6-11)12(13)14/h1-5H/b8-5-. The molecule has 0 heterocycles. The summed E-state index contributed by atoms with van der Waals surface area (Å²) in [5.41, 5.74) is -0.0690. The number of hydrogen-bond donors (Lipinski definition) is 0. The third-order valence-electron chi connectivity index (χ3n) is 1.51. The fourth-order valence-electron chi connectivity index (χ4n) is 0.865. The van der Waals surface area contributed by atoms with Crippen LogP contribution in [0, 0.1) is 21.4 Å². The molecule has 0 spiro atoms. The van der Waals surface area contributed by atoms with Gasteiger partial charge in [-0.2, -0.15) is 5.26 Å². The summed E-state index contributed by atoms with van der Waals surface area (Å²) in [6.45, 7) is 0. The lowest BCUT2D eigenvalue weighted by molar-refractivity contribution is -0.415. The molecule has 0 amide bonds. The zero-order valence-corrected chi connectivity index (χ0v) is 7.73. The smallest absolute Gasteiger partial charge is 0.258 e. The molecule has 0 unspecified atom stereocenters. The molecule has 14 heavy (non-hydrogen) atoms. The molecule has 1 aromatic rings. The fraction of sp³-hybridized carbons (Fsp3) is 0. The lowest BCUT2D eigenvalue weighted by Crippen LogP contribution is -1.95. The van der Waals surface area contributed by atoms with Crippen LogP contribution in [0.2, 0.25) is 5.02 Å². The van der Waals surface area contributed by atoms with Gasteiger partial charge in [-0.3, -0.25) is 10.1 Å². The summed E-state index contributed by atoms with van der Waals surface area (Å²) >= 11 is 5.75. The fourth-order valence-corrected chi connectivity index (χ4v) is 1.06. The number of benzene rings is 1. The van der Waals surface area contributed by atoms with Gasteiger partial charge in [-0.15, -0.1) is 0 Å². The summed E-state index contributed by atoms with van der Waals surface area (Å²) in [4.78, 5) is 9.57. The van der Waals surface area contributed by atoms with Crippen molar-refractivity contribution in [1.29, 1.82) is 5.26 Å². The van der Waals surface area contributed by atoms with Crippen LogP contribution in [0.15, 0.2) is 30.0 Å². The van der Waals surface area contributed by atoms with Crippen molar-refractivity contribution < 1.29 is 4.92 Å². The minimum absolute atomic E-state index is 0.377. The number of nitro groups is 1. The maximum Gasteiger partial charge on any atom is 0.346 e. The van der Waals surface area contributed by atoms with Crippen molar-refractivity contribution in [3.63, 3.8) is 0 Å². The second-order valence-corrected chi connectivity index (χ2v) is 2.83. The normalized spacial score (nSPS) is 10.7. The number of nitrogens with zero attached hydrogens (tertiary/aromatic N) is 2. The Balaban J connectivity index is 3.15. The molecule has 70 valence electrons. The summed E-state index contributed by atoms with van der Waals surface area (Å²) in [5, 5.41) is 19.1. The SMILES string of the molecule is N#C/C(=C/c1ccccc1Cl)[N+](=O)[O-]. The first-order valence-electron chi connectivity index (χ1n) is 3.66. The minimum Gasteiger partial charge on any atom is -0.258 e. The zero-order chi connectivity index (χ0) is 10.6. The number of allylic oxidation sites excluding steroid dienone is 1. The van der Waals surface area contributed by atoms with E-state index in [9.17, 15) is 10.1 Å². The Hall–Kier alpha value is -1.86. The molecule has 0 saturated carbocycles. The molecule has 4 nitrogen and oxygen atoms in total. The van der Waals surface area contributed by atoms with E-state index in [1.54, 1.807) is 24.3 Å². The van der Waals surface area contributed by atoms with Crippen molar-refractivity contribution in [2.75, 3.05) is 0 Å². The molecule has 0 aliphatic rings. The monoisotopic (exact) mass is 208 g/mol. The van der Waals surface area contributed by atoms with Crippen molar-refractivity contribution >= 4 is 17.7 Å². The van der Waals surface area contributed by atoms with E-state index in [0.717, 1.165) is 6.08 Å². The van der Waals surface area contributed by atoms with E-state index in [1.807, 2.05) is 0 Å². The van der Waals surface area contributed by atoms with Gasteiger partial charge in [0.05, 0.1) is 4.92 Å². The van der Waals surface area contributed by atoms with Crippen LogP contribution >= 0.6 is 11.6 Å². The van der Waals surface area contributed by atoms with Gasteiger partial charge in [-0.25, -0.2) is 0 Å². The largest absolute Gasteiger partial charge is 0.346 e. The van der Waals surface area contributed by atoms with E-state index >= 15 is 0 Å². The van der Waals surface area contributed by atoms with Crippen LogP contribution in [0.4, 0.5) is 0 Å². The quantitative estimate of drug-likeness (QED) is 0.426. The van der Waals surface area contributed by atoms with Crippen LogP contribution < -0.4 is 0 Å². The molecule has 1 rings (SSSR count). The minimum atomic E-state index is -0.747. The summed E-state index contributed by atoms with van der Waals surface area (Å²) < 4.78 is 0. The Morgan fingerprint density at radius 2 is 2.21 bits per heavy atom. The Morgan fingerprint density at radius 1 is 1.57 bits per heavy atom. The molecule has 0 aliphatic heterocycles. The van der Waals surface area contributed by atoms with Crippen LogP contribution in [0.1, 0.15) is 5.56 Å². The number of hydrogen-bond acceptors (Lipinski definition) is 3. The molecular formula is C9H5ClN2O2. The molecular weight excluding hydrogens is 204 g/mol.